The van der Waals surface area contributed by atoms with E-state index in [4.69, 9.17) is 22.3 Å². The van der Waals surface area contributed by atoms with Crippen molar-refractivity contribution in [3.05, 3.63) is 34.6 Å². The van der Waals surface area contributed by atoms with Gasteiger partial charge in [-0.2, -0.15) is 14.6 Å². The van der Waals surface area contributed by atoms with Crippen LogP contribution in [-0.4, -0.2) is 67.3 Å². The number of aryl methyl sites for hydroxylation is 1. The van der Waals surface area contributed by atoms with Gasteiger partial charge in [0.2, 0.25) is 17.2 Å². The number of pyridine rings is 1. The number of thiophene rings is 1. The van der Waals surface area contributed by atoms with Gasteiger partial charge >= 0.3 is 0 Å². The number of rotatable bonds is 6. The molecule has 2 fully saturated rings. The average molecular weight is 525 g/mol. The van der Waals surface area contributed by atoms with Gasteiger partial charge < -0.3 is 20.9 Å². The van der Waals surface area contributed by atoms with E-state index in [1.54, 1.807) is 0 Å². The van der Waals surface area contributed by atoms with E-state index in [2.05, 4.69) is 35.2 Å². The molecule has 3 N–H and O–H groups in total. The quantitative estimate of drug-likeness (QED) is 0.357. The Balaban J connectivity index is 1.12. The molecule has 6 rings (SSSR count). The lowest BCUT2D eigenvalue weighted by Crippen LogP contribution is -2.38. The van der Waals surface area contributed by atoms with E-state index in [0.29, 0.717) is 11.8 Å². The van der Waals surface area contributed by atoms with Crippen molar-refractivity contribution >= 4 is 56.6 Å². The summed E-state index contributed by atoms with van der Waals surface area (Å²) in [5, 5.41) is 9.87. The van der Waals surface area contributed by atoms with Gasteiger partial charge in [-0.3, -0.25) is 0 Å². The molecule has 4 aromatic rings. The van der Waals surface area contributed by atoms with E-state index >= 15 is 0 Å². The number of nitrogen functional groups attached to an aromatic ring is 1. The maximum absolute atomic E-state index is 6.18. The normalized spacial score (nSPS) is 17.3. The number of hydrogen-bond donors (Lipinski definition) is 2. The Morgan fingerprint density at radius 3 is 2.67 bits per heavy atom. The maximum atomic E-state index is 6.18. The second-order valence-electron chi connectivity index (χ2n) is 9.59. The summed E-state index contributed by atoms with van der Waals surface area (Å²) in [7, 11) is 0. The van der Waals surface area contributed by atoms with Crippen LogP contribution in [0.15, 0.2) is 23.7 Å². The Kier molecular flexibility index (Phi) is 6.36. The first kappa shape index (κ1) is 23.4. The third kappa shape index (κ3) is 4.70. The molecule has 4 aromatic heterocycles. The van der Waals surface area contributed by atoms with Gasteiger partial charge in [-0.15, -0.1) is 16.4 Å². The maximum Gasteiger partial charge on any atom is 0.248 e. The Labute approximate surface area is 218 Å². The molecule has 0 aromatic carbocycles. The van der Waals surface area contributed by atoms with Gasteiger partial charge in [0.1, 0.15) is 5.82 Å². The molecular formula is C24H29ClN10S. The molecular weight excluding hydrogens is 496 g/mol. The van der Waals surface area contributed by atoms with Crippen molar-refractivity contribution in [1.29, 1.82) is 0 Å². The highest BCUT2D eigenvalue weighted by molar-refractivity contribution is 7.17. The first-order valence-corrected chi connectivity index (χ1v) is 13.6. The first-order valence-electron chi connectivity index (χ1n) is 12.4. The summed E-state index contributed by atoms with van der Waals surface area (Å²) in [4.78, 5) is 22.8. The summed E-state index contributed by atoms with van der Waals surface area (Å²) in [6.45, 7) is 7.90. The predicted octanol–water partition coefficient (Wildman–Crippen LogP) is 4.27. The minimum atomic E-state index is 0.142. The molecule has 0 bridgehead atoms. The number of aromatic nitrogens is 6. The van der Waals surface area contributed by atoms with Crippen LogP contribution in [0.1, 0.15) is 31.2 Å². The third-order valence-electron chi connectivity index (χ3n) is 7.04. The molecule has 0 unspecified atom stereocenters. The molecule has 0 spiro atoms. The van der Waals surface area contributed by atoms with Gasteiger partial charge in [0.05, 0.1) is 22.1 Å². The fourth-order valence-electron chi connectivity index (χ4n) is 5.12. The number of piperidine rings is 1. The molecule has 6 heterocycles. The highest BCUT2D eigenvalue weighted by atomic mass is 35.5. The van der Waals surface area contributed by atoms with Crippen LogP contribution in [0.3, 0.4) is 0 Å². The van der Waals surface area contributed by atoms with Crippen LogP contribution in [0, 0.1) is 12.8 Å². The molecule has 188 valence electrons. The summed E-state index contributed by atoms with van der Waals surface area (Å²) in [6.07, 6.45) is 6.98. The predicted molar refractivity (Wildman–Crippen MR) is 145 cm³/mol. The smallest absolute Gasteiger partial charge is 0.248 e. The van der Waals surface area contributed by atoms with Crippen molar-refractivity contribution in [3.8, 4) is 5.82 Å². The Morgan fingerprint density at radius 2 is 1.92 bits per heavy atom. The largest absolute Gasteiger partial charge is 0.368 e. The second kappa shape index (κ2) is 9.79. The number of hydrogen-bond acceptors (Lipinski definition) is 10. The van der Waals surface area contributed by atoms with Crippen molar-refractivity contribution < 1.29 is 0 Å². The highest BCUT2D eigenvalue weighted by Gasteiger charge is 2.23. The van der Waals surface area contributed by atoms with Gasteiger partial charge in [0.15, 0.2) is 5.82 Å². The van der Waals surface area contributed by atoms with E-state index in [-0.39, 0.29) is 11.2 Å². The average Bonchev–Trinajstić information content (AvgIpc) is 3.61. The molecule has 0 amide bonds. The zero-order valence-corrected chi connectivity index (χ0v) is 21.8. The standard InChI is InChI=1S/C24H29ClN10S/c1-15-14-36-20-19(15)29-22(25)30-21(20)35-23(26)31-24(32-35)28-17-4-5-18(27-12-17)34-10-6-16(7-11-34)13-33-8-2-3-9-33/h4-5,12,14,16H,2-3,6-11,13H2,1H3,(H3,26,28,31,32). The van der Waals surface area contributed by atoms with Crippen LogP contribution in [0.5, 0.6) is 0 Å². The topological polar surface area (TPSA) is 114 Å². The minimum Gasteiger partial charge on any atom is -0.368 e. The molecule has 12 heteroatoms. The number of likely N-dealkylation sites (tertiary alicyclic amines) is 1. The number of nitrogens with one attached hydrogen (secondary N) is 1. The summed E-state index contributed by atoms with van der Waals surface area (Å²) in [6, 6.07) is 4.05. The van der Waals surface area contributed by atoms with Crippen LogP contribution < -0.4 is 16.0 Å². The van der Waals surface area contributed by atoms with Gasteiger partial charge in [-0.25, -0.2) is 9.97 Å². The van der Waals surface area contributed by atoms with Crippen molar-refractivity contribution in [2.75, 3.05) is 48.7 Å². The van der Waals surface area contributed by atoms with Crippen LogP contribution in [0.25, 0.3) is 16.0 Å². The van der Waals surface area contributed by atoms with Crippen molar-refractivity contribution in [3.63, 3.8) is 0 Å². The zero-order valence-electron chi connectivity index (χ0n) is 20.2. The van der Waals surface area contributed by atoms with Crippen molar-refractivity contribution in [2.45, 2.75) is 32.6 Å². The zero-order chi connectivity index (χ0) is 24.6. The number of nitrogens with zero attached hydrogens (tertiary/aromatic N) is 8. The molecule has 2 aliphatic rings. The number of anilines is 4. The minimum absolute atomic E-state index is 0.142. The third-order valence-corrected chi connectivity index (χ3v) is 8.29. The molecule has 0 aliphatic carbocycles. The van der Waals surface area contributed by atoms with Gasteiger partial charge in [-0.05, 0) is 86.3 Å². The molecule has 2 saturated heterocycles. The lowest BCUT2D eigenvalue weighted by atomic mass is 9.96. The van der Waals surface area contributed by atoms with Gasteiger partial charge in [0.25, 0.3) is 0 Å². The lowest BCUT2D eigenvalue weighted by molar-refractivity contribution is 0.249. The molecule has 10 nitrogen and oxygen atoms in total. The van der Waals surface area contributed by atoms with E-state index in [1.807, 2.05) is 30.6 Å². The monoisotopic (exact) mass is 524 g/mol. The van der Waals surface area contributed by atoms with E-state index < -0.39 is 0 Å². The van der Waals surface area contributed by atoms with Crippen molar-refractivity contribution in [1.82, 2.24) is 34.6 Å². The Morgan fingerprint density at radius 1 is 1.11 bits per heavy atom. The highest BCUT2D eigenvalue weighted by Crippen LogP contribution is 2.31. The number of fused-ring (bicyclic) bond motifs is 1. The van der Waals surface area contributed by atoms with Crippen LogP contribution in [0.2, 0.25) is 5.28 Å². The molecule has 36 heavy (non-hydrogen) atoms. The fraction of sp³-hybridized carbons (Fsp3) is 0.458. The van der Waals surface area contributed by atoms with Gasteiger partial charge in [-0.1, -0.05) is 0 Å². The van der Waals surface area contributed by atoms with Crippen LogP contribution in [0.4, 0.5) is 23.4 Å². The first-order chi connectivity index (χ1) is 17.5. The molecule has 0 radical (unpaired) electrons. The van der Waals surface area contributed by atoms with Gasteiger partial charge in [0, 0.05) is 19.6 Å². The lowest BCUT2D eigenvalue weighted by Gasteiger charge is -2.34. The van der Waals surface area contributed by atoms with Crippen LogP contribution in [-0.2, 0) is 0 Å². The SMILES string of the molecule is Cc1csc2c(-n3nc(Nc4ccc(N5CCC(CN6CCCC6)CC5)nc4)nc3N)nc(Cl)nc12. The number of halogens is 1. The summed E-state index contributed by atoms with van der Waals surface area (Å²) in [5.41, 5.74) is 8.79. The molecule has 0 atom stereocenters. The summed E-state index contributed by atoms with van der Waals surface area (Å²) < 4.78 is 2.35. The van der Waals surface area contributed by atoms with E-state index in [1.165, 1.54) is 61.3 Å². The van der Waals surface area contributed by atoms with E-state index in [0.717, 1.165) is 46.3 Å². The second-order valence-corrected chi connectivity index (χ2v) is 10.8. The summed E-state index contributed by atoms with van der Waals surface area (Å²) >= 11 is 7.69. The Bertz CT molecular complexity index is 1350. The fourth-order valence-corrected chi connectivity index (χ4v) is 6.25. The van der Waals surface area contributed by atoms with E-state index in [9.17, 15) is 0 Å². The number of nitrogens with two attached hydrogens (primary N) is 1. The molecule has 0 saturated carbocycles. The summed E-state index contributed by atoms with van der Waals surface area (Å²) in [5.74, 6) is 2.89. The molecule has 2 aliphatic heterocycles. The Hall–Kier alpha value is -3.02. The van der Waals surface area contributed by atoms with Crippen LogP contribution >= 0.6 is 22.9 Å². The van der Waals surface area contributed by atoms with Crippen molar-refractivity contribution in [2.24, 2.45) is 5.92 Å².